The number of ether oxygens (including phenoxy) is 2. The zero-order chi connectivity index (χ0) is 28.1. The maximum Gasteiger partial charge on any atom is 0.319 e. The number of aromatic nitrogens is 2. The van der Waals surface area contributed by atoms with Crippen molar-refractivity contribution >= 4 is 39.3 Å². The monoisotopic (exact) mass is 564 g/mol. The summed E-state index contributed by atoms with van der Waals surface area (Å²) in [6, 6.07) is 11.4. The van der Waals surface area contributed by atoms with Crippen molar-refractivity contribution in [3.63, 3.8) is 0 Å². The van der Waals surface area contributed by atoms with E-state index < -0.39 is 5.82 Å². The minimum Gasteiger partial charge on any atom is -0.453 e. The molecule has 4 aromatic rings. The Morgan fingerprint density at radius 3 is 2.67 bits per heavy atom. The zero-order valence-electron chi connectivity index (χ0n) is 22.1. The number of fused-ring (bicyclic) bond motifs is 1. The average molecular weight is 565 g/mol. The molecule has 0 aliphatic heterocycles. The van der Waals surface area contributed by atoms with Crippen LogP contribution in [0.15, 0.2) is 54.9 Å². The maximum absolute atomic E-state index is 14.8. The standard InChI is InChI=1S/C28H29FN6O4S/c1-30-28(37)35(11-12-38-2)16-17-3-7-21(32-15-17)25-14-22-26(40-25)24(9-10-31-22)39-23-8-6-19(13-20(23)29)34-27(36)33-18-4-5-18/h3,6-10,13-15,18H,4-5,11-12,16H2,1-2H3,(H,30,37)(H2,33,34,36). The van der Waals surface area contributed by atoms with E-state index in [1.807, 2.05) is 18.2 Å². The van der Waals surface area contributed by atoms with Gasteiger partial charge in [-0.05, 0) is 42.7 Å². The summed E-state index contributed by atoms with van der Waals surface area (Å²) in [7, 11) is 3.19. The zero-order valence-corrected chi connectivity index (χ0v) is 22.9. The molecule has 10 nitrogen and oxygen atoms in total. The number of halogens is 1. The molecule has 0 saturated heterocycles. The number of benzene rings is 1. The molecule has 1 aromatic carbocycles. The number of carbonyl (C=O) groups is 2. The Bertz CT molecular complexity index is 1510. The molecule has 1 saturated carbocycles. The second-order valence-electron chi connectivity index (χ2n) is 9.28. The van der Waals surface area contributed by atoms with E-state index in [1.54, 1.807) is 43.6 Å². The van der Waals surface area contributed by atoms with Crippen LogP contribution in [0.5, 0.6) is 11.5 Å². The average Bonchev–Trinajstić information content (AvgIpc) is 3.65. The molecule has 0 spiro atoms. The first-order chi connectivity index (χ1) is 19.4. The number of carbonyl (C=O) groups excluding carboxylic acids is 2. The number of nitrogens with zero attached hydrogens (tertiary/aromatic N) is 3. The molecule has 0 atom stereocenters. The normalized spacial score (nSPS) is 12.7. The largest absolute Gasteiger partial charge is 0.453 e. The number of hydrogen-bond acceptors (Lipinski definition) is 7. The minimum absolute atomic E-state index is 0.0345. The van der Waals surface area contributed by atoms with E-state index in [-0.39, 0.29) is 23.9 Å². The van der Waals surface area contributed by atoms with Gasteiger partial charge in [0.25, 0.3) is 0 Å². The predicted octanol–water partition coefficient (Wildman–Crippen LogP) is 5.36. The van der Waals surface area contributed by atoms with Crippen molar-refractivity contribution in [1.29, 1.82) is 0 Å². The fourth-order valence-electron chi connectivity index (χ4n) is 3.98. The van der Waals surface area contributed by atoms with Gasteiger partial charge in [-0.15, -0.1) is 11.3 Å². The first kappa shape index (κ1) is 27.3. The van der Waals surface area contributed by atoms with Crippen LogP contribution < -0.4 is 20.7 Å². The number of pyridine rings is 2. The van der Waals surface area contributed by atoms with Crippen molar-refractivity contribution in [3.05, 3.63) is 66.2 Å². The van der Waals surface area contributed by atoms with Crippen LogP contribution in [0.4, 0.5) is 19.7 Å². The number of nitrogens with one attached hydrogen (secondary N) is 3. The highest BCUT2D eigenvalue weighted by molar-refractivity contribution is 7.22. The minimum atomic E-state index is -0.598. The molecule has 3 aromatic heterocycles. The first-order valence-corrected chi connectivity index (χ1v) is 13.6. The van der Waals surface area contributed by atoms with E-state index in [4.69, 9.17) is 9.47 Å². The van der Waals surface area contributed by atoms with E-state index >= 15 is 0 Å². The summed E-state index contributed by atoms with van der Waals surface area (Å²) in [4.78, 5) is 35.7. The molecule has 208 valence electrons. The number of methoxy groups -OCH3 is 1. The number of rotatable bonds is 10. The highest BCUT2D eigenvalue weighted by Gasteiger charge is 2.23. The summed E-state index contributed by atoms with van der Waals surface area (Å²) in [5, 5.41) is 8.08. The Morgan fingerprint density at radius 2 is 1.98 bits per heavy atom. The predicted molar refractivity (Wildman–Crippen MR) is 151 cm³/mol. The maximum atomic E-state index is 14.8. The lowest BCUT2D eigenvalue weighted by molar-refractivity contribution is 0.147. The van der Waals surface area contributed by atoms with Crippen LogP contribution in [0, 0.1) is 5.82 Å². The number of urea groups is 2. The van der Waals surface area contributed by atoms with E-state index in [9.17, 15) is 14.0 Å². The Balaban J connectivity index is 1.30. The Hall–Kier alpha value is -4.29. The van der Waals surface area contributed by atoms with Crippen molar-refractivity contribution in [1.82, 2.24) is 25.5 Å². The molecule has 1 aliphatic carbocycles. The summed E-state index contributed by atoms with van der Waals surface area (Å²) >= 11 is 1.44. The molecule has 0 radical (unpaired) electrons. The van der Waals surface area contributed by atoms with Gasteiger partial charge >= 0.3 is 12.1 Å². The van der Waals surface area contributed by atoms with Gasteiger partial charge in [0.1, 0.15) is 5.75 Å². The molecule has 4 amide bonds. The lowest BCUT2D eigenvalue weighted by Gasteiger charge is -2.21. The molecule has 1 fully saturated rings. The molecule has 40 heavy (non-hydrogen) atoms. The van der Waals surface area contributed by atoms with Gasteiger partial charge in [0.2, 0.25) is 0 Å². The lowest BCUT2D eigenvalue weighted by atomic mass is 10.2. The second kappa shape index (κ2) is 12.3. The van der Waals surface area contributed by atoms with Crippen LogP contribution in [0.25, 0.3) is 20.8 Å². The van der Waals surface area contributed by atoms with Crippen molar-refractivity contribution < 1.29 is 23.5 Å². The number of amides is 4. The van der Waals surface area contributed by atoms with Crippen molar-refractivity contribution in [2.75, 3.05) is 32.6 Å². The summed E-state index contributed by atoms with van der Waals surface area (Å²) in [5.41, 5.74) is 2.66. The lowest BCUT2D eigenvalue weighted by Crippen LogP contribution is -2.39. The Labute approximate surface area is 234 Å². The van der Waals surface area contributed by atoms with Gasteiger partial charge in [0, 0.05) is 63.5 Å². The highest BCUT2D eigenvalue weighted by atomic mass is 32.1. The number of thiophene rings is 1. The Morgan fingerprint density at radius 1 is 1.12 bits per heavy atom. The quantitative estimate of drug-likeness (QED) is 0.239. The summed E-state index contributed by atoms with van der Waals surface area (Å²) < 4.78 is 26.6. The second-order valence-corrected chi connectivity index (χ2v) is 10.3. The summed E-state index contributed by atoms with van der Waals surface area (Å²) in [6.45, 7) is 1.28. The summed E-state index contributed by atoms with van der Waals surface area (Å²) in [5.74, 6) is -0.102. The van der Waals surface area contributed by atoms with E-state index in [0.29, 0.717) is 36.6 Å². The van der Waals surface area contributed by atoms with E-state index in [1.165, 1.54) is 23.5 Å². The van der Waals surface area contributed by atoms with E-state index in [0.717, 1.165) is 33.7 Å². The van der Waals surface area contributed by atoms with Crippen LogP contribution in [0.2, 0.25) is 0 Å². The van der Waals surface area contributed by atoms with Gasteiger partial charge < -0.3 is 30.3 Å². The highest BCUT2D eigenvalue weighted by Crippen LogP contribution is 2.39. The van der Waals surface area contributed by atoms with E-state index in [2.05, 4.69) is 25.9 Å². The van der Waals surface area contributed by atoms with Crippen LogP contribution >= 0.6 is 11.3 Å². The topological polar surface area (TPSA) is 118 Å². The van der Waals surface area contributed by atoms with Gasteiger partial charge in [-0.1, -0.05) is 6.07 Å². The van der Waals surface area contributed by atoms with Crippen LogP contribution in [0.3, 0.4) is 0 Å². The number of anilines is 1. The van der Waals surface area contributed by atoms with Gasteiger partial charge in [-0.2, -0.15) is 0 Å². The first-order valence-electron chi connectivity index (χ1n) is 12.8. The van der Waals surface area contributed by atoms with Gasteiger partial charge in [-0.3, -0.25) is 9.97 Å². The van der Waals surface area contributed by atoms with Crippen molar-refractivity contribution in [3.8, 4) is 22.1 Å². The van der Waals surface area contributed by atoms with Crippen LogP contribution in [-0.4, -0.2) is 60.3 Å². The molecular formula is C28H29FN6O4S. The molecule has 0 unspecified atom stereocenters. The van der Waals surface area contributed by atoms with Gasteiger partial charge in [0.05, 0.1) is 27.4 Å². The SMILES string of the molecule is CNC(=O)N(CCOC)Cc1ccc(-c2cc3nccc(Oc4ccc(NC(=O)NC5CC5)cc4F)c3s2)nc1. The smallest absolute Gasteiger partial charge is 0.319 e. The molecule has 0 bridgehead atoms. The molecular weight excluding hydrogens is 535 g/mol. The van der Waals surface area contributed by atoms with Gasteiger partial charge in [0.15, 0.2) is 11.6 Å². The third kappa shape index (κ3) is 6.64. The van der Waals surface area contributed by atoms with Crippen LogP contribution in [-0.2, 0) is 11.3 Å². The molecule has 3 N–H and O–H groups in total. The molecule has 12 heteroatoms. The molecule has 3 heterocycles. The Kier molecular flexibility index (Phi) is 8.37. The number of hydrogen-bond donors (Lipinski definition) is 3. The van der Waals surface area contributed by atoms with Gasteiger partial charge in [-0.25, -0.2) is 14.0 Å². The van der Waals surface area contributed by atoms with Crippen molar-refractivity contribution in [2.45, 2.75) is 25.4 Å². The van der Waals surface area contributed by atoms with Crippen LogP contribution in [0.1, 0.15) is 18.4 Å². The molecule has 5 rings (SSSR count). The fraction of sp³-hybridized carbons (Fsp3) is 0.286. The third-order valence-electron chi connectivity index (χ3n) is 6.22. The molecule has 1 aliphatic rings. The summed E-state index contributed by atoms with van der Waals surface area (Å²) in [6.07, 6.45) is 5.28. The van der Waals surface area contributed by atoms with Crippen molar-refractivity contribution in [2.24, 2.45) is 0 Å². The fourth-order valence-corrected chi connectivity index (χ4v) is 5.02. The third-order valence-corrected chi connectivity index (χ3v) is 7.38.